The van der Waals surface area contributed by atoms with Gasteiger partial charge < -0.3 is 9.30 Å². The molecule has 0 fully saturated rings. The summed E-state index contributed by atoms with van der Waals surface area (Å²) in [6.45, 7) is 4.24. The fourth-order valence-corrected chi connectivity index (χ4v) is 2.21. The molecule has 0 bridgehead atoms. The lowest BCUT2D eigenvalue weighted by molar-refractivity contribution is 0.401. The third-order valence-corrected chi connectivity index (χ3v) is 3.14. The monoisotopic (exact) mass is 283 g/mol. The highest BCUT2D eigenvalue weighted by molar-refractivity contribution is 9.10. The van der Waals surface area contributed by atoms with Crippen LogP contribution < -0.4 is 4.74 Å². The Bertz CT molecular complexity index is 533. The number of fused-ring (bicyclic) bond motifs is 1. The van der Waals surface area contributed by atoms with Crippen molar-refractivity contribution in [1.29, 1.82) is 0 Å². The molecule has 2 heterocycles. The quantitative estimate of drug-likeness (QED) is 0.851. The van der Waals surface area contributed by atoms with E-state index in [0.717, 1.165) is 21.3 Å². The minimum atomic E-state index is 0.369. The van der Waals surface area contributed by atoms with Crippen LogP contribution in [0, 0.1) is 0 Å². The molecule has 0 unspecified atom stereocenters. The molecule has 0 radical (unpaired) electrons. The van der Waals surface area contributed by atoms with E-state index in [1.165, 1.54) is 0 Å². The van der Waals surface area contributed by atoms with Gasteiger partial charge in [0, 0.05) is 19.2 Å². The Balaban J connectivity index is 2.84. The van der Waals surface area contributed by atoms with Gasteiger partial charge in [0.05, 0.1) is 11.6 Å². The lowest BCUT2D eigenvalue weighted by Gasteiger charge is -2.06. The minimum absolute atomic E-state index is 0.369. The summed E-state index contributed by atoms with van der Waals surface area (Å²) in [6.07, 6.45) is 1.72. The Kier molecular flexibility index (Phi) is 2.88. The first kappa shape index (κ1) is 11.4. The van der Waals surface area contributed by atoms with Crippen molar-refractivity contribution in [2.45, 2.75) is 19.8 Å². The maximum absolute atomic E-state index is 5.26. The van der Waals surface area contributed by atoms with E-state index >= 15 is 0 Å². The predicted octanol–water partition coefficient (Wildman–Crippen LogP) is 2.86. The molecule has 0 aromatic carbocycles. The molecule has 2 aromatic heterocycles. The van der Waals surface area contributed by atoms with Gasteiger partial charge in [0.1, 0.15) is 16.9 Å². The zero-order chi connectivity index (χ0) is 11.9. The summed E-state index contributed by atoms with van der Waals surface area (Å²) in [6, 6.07) is 0. The summed E-state index contributed by atoms with van der Waals surface area (Å²) >= 11 is 3.46. The van der Waals surface area contributed by atoms with Crippen LogP contribution in [0.25, 0.3) is 11.0 Å². The lowest BCUT2D eigenvalue weighted by Crippen LogP contribution is -2.00. The number of hydrogen-bond acceptors (Lipinski definition) is 3. The van der Waals surface area contributed by atoms with Crippen LogP contribution in [-0.4, -0.2) is 21.6 Å². The van der Waals surface area contributed by atoms with Crippen LogP contribution in [0.5, 0.6) is 5.88 Å². The van der Waals surface area contributed by atoms with Gasteiger partial charge in [0.15, 0.2) is 0 Å². The van der Waals surface area contributed by atoms with Crippen molar-refractivity contribution >= 4 is 27.0 Å². The van der Waals surface area contributed by atoms with Gasteiger partial charge in [-0.15, -0.1) is 0 Å². The van der Waals surface area contributed by atoms with Crippen LogP contribution in [0.3, 0.4) is 0 Å². The molecule has 0 aliphatic carbocycles. The fourth-order valence-electron chi connectivity index (χ4n) is 1.83. The SMILES string of the molecule is COc1ncc(Br)c2nc(C(C)C)n(C)c12. The second-order valence-electron chi connectivity index (χ2n) is 4.00. The Labute approximate surface area is 103 Å². The molecule has 16 heavy (non-hydrogen) atoms. The second-order valence-corrected chi connectivity index (χ2v) is 4.85. The van der Waals surface area contributed by atoms with E-state index in [2.05, 4.69) is 39.7 Å². The topological polar surface area (TPSA) is 39.9 Å². The number of methoxy groups -OCH3 is 1. The number of hydrogen-bond donors (Lipinski definition) is 0. The van der Waals surface area contributed by atoms with Gasteiger partial charge in [-0.25, -0.2) is 9.97 Å². The number of pyridine rings is 1. The third-order valence-electron chi connectivity index (χ3n) is 2.56. The highest BCUT2D eigenvalue weighted by atomic mass is 79.9. The zero-order valence-electron chi connectivity index (χ0n) is 9.78. The molecule has 0 aliphatic heterocycles. The molecule has 0 spiro atoms. The molecule has 4 nitrogen and oxygen atoms in total. The van der Waals surface area contributed by atoms with Crippen LogP contribution in [0.2, 0.25) is 0 Å². The van der Waals surface area contributed by atoms with Crippen molar-refractivity contribution in [1.82, 2.24) is 14.5 Å². The Hall–Kier alpha value is -1.10. The number of rotatable bonds is 2. The third kappa shape index (κ3) is 1.59. The molecule has 0 N–H and O–H groups in total. The average molecular weight is 284 g/mol. The number of aromatic nitrogens is 3. The molecule has 0 saturated carbocycles. The lowest BCUT2D eigenvalue weighted by atomic mass is 10.2. The van der Waals surface area contributed by atoms with Gasteiger partial charge in [-0.3, -0.25) is 0 Å². The van der Waals surface area contributed by atoms with E-state index in [1.54, 1.807) is 13.3 Å². The van der Waals surface area contributed by atoms with Crippen LogP contribution in [0.1, 0.15) is 25.6 Å². The minimum Gasteiger partial charge on any atom is -0.479 e. The number of imidazole rings is 1. The number of ether oxygens (including phenoxy) is 1. The first-order chi connectivity index (χ1) is 7.56. The summed E-state index contributed by atoms with van der Waals surface area (Å²) < 4.78 is 8.20. The van der Waals surface area contributed by atoms with Crippen molar-refractivity contribution in [3.05, 3.63) is 16.5 Å². The smallest absolute Gasteiger partial charge is 0.240 e. The summed E-state index contributed by atoms with van der Waals surface area (Å²) in [5.41, 5.74) is 1.83. The van der Waals surface area contributed by atoms with Crippen molar-refractivity contribution in [3.8, 4) is 5.88 Å². The van der Waals surface area contributed by atoms with Gasteiger partial charge in [-0.1, -0.05) is 13.8 Å². The average Bonchev–Trinajstić information content (AvgIpc) is 2.59. The summed E-state index contributed by atoms with van der Waals surface area (Å²) in [5.74, 6) is 2.01. The zero-order valence-corrected chi connectivity index (χ0v) is 11.4. The van der Waals surface area contributed by atoms with Crippen molar-refractivity contribution < 1.29 is 4.74 Å². The van der Waals surface area contributed by atoms with E-state index in [1.807, 2.05) is 11.6 Å². The molecule has 2 rings (SSSR count). The fraction of sp³-hybridized carbons (Fsp3) is 0.455. The number of halogens is 1. The molecule has 0 aliphatic rings. The van der Waals surface area contributed by atoms with Gasteiger partial charge >= 0.3 is 0 Å². The molecular weight excluding hydrogens is 270 g/mol. The summed E-state index contributed by atoms with van der Waals surface area (Å²) in [7, 11) is 3.61. The van der Waals surface area contributed by atoms with E-state index in [4.69, 9.17) is 4.74 Å². The highest BCUT2D eigenvalue weighted by Gasteiger charge is 2.17. The predicted molar refractivity (Wildman–Crippen MR) is 66.9 cm³/mol. The maximum Gasteiger partial charge on any atom is 0.240 e. The van der Waals surface area contributed by atoms with Crippen LogP contribution in [-0.2, 0) is 7.05 Å². The van der Waals surface area contributed by atoms with E-state index in [0.29, 0.717) is 11.8 Å². The molecule has 0 atom stereocenters. The molecule has 2 aromatic rings. The van der Waals surface area contributed by atoms with E-state index in [-0.39, 0.29) is 0 Å². The normalized spacial score (nSPS) is 11.4. The second kappa shape index (κ2) is 4.05. The van der Waals surface area contributed by atoms with Gasteiger partial charge in [-0.2, -0.15) is 0 Å². The molecule has 5 heteroatoms. The number of nitrogens with zero attached hydrogens (tertiary/aromatic N) is 3. The summed E-state index contributed by atoms with van der Waals surface area (Å²) in [4.78, 5) is 8.84. The first-order valence-corrected chi connectivity index (χ1v) is 5.90. The standard InChI is InChI=1S/C11H14BrN3O/c1-6(2)10-14-8-7(12)5-13-11(16-4)9(8)15(10)3/h5-6H,1-4H3. The van der Waals surface area contributed by atoms with Crippen molar-refractivity contribution in [3.63, 3.8) is 0 Å². The molecule has 0 saturated heterocycles. The Morgan fingerprint density at radius 2 is 2.12 bits per heavy atom. The molecule has 0 amide bonds. The van der Waals surface area contributed by atoms with Gasteiger partial charge in [-0.05, 0) is 15.9 Å². The van der Waals surface area contributed by atoms with Gasteiger partial charge in [0.25, 0.3) is 0 Å². The maximum atomic E-state index is 5.26. The van der Waals surface area contributed by atoms with Crippen LogP contribution >= 0.6 is 15.9 Å². The Morgan fingerprint density at radius 3 is 2.69 bits per heavy atom. The van der Waals surface area contributed by atoms with Crippen LogP contribution in [0.15, 0.2) is 10.7 Å². The number of aryl methyl sites for hydroxylation is 1. The molecular formula is C11H14BrN3O. The summed E-state index contributed by atoms with van der Waals surface area (Å²) in [5, 5.41) is 0. The van der Waals surface area contributed by atoms with Crippen molar-refractivity contribution in [2.24, 2.45) is 7.05 Å². The largest absolute Gasteiger partial charge is 0.479 e. The Morgan fingerprint density at radius 1 is 1.44 bits per heavy atom. The van der Waals surface area contributed by atoms with Gasteiger partial charge in [0.2, 0.25) is 5.88 Å². The van der Waals surface area contributed by atoms with E-state index < -0.39 is 0 Å². The first-order valence-electron chi connectivity index (χ1n) is 5.11. The molecule has 86 valence electrons. The van der Waals surface area contributed by atoms with Crippen LogP contribution in [0.4, 0.5) is 0 Å². The highest BCUT2D eigenvalue weighted by Crippen LogP contribution is 2.31. The van der Waals surface area contributed by atoms with Crippen molar-refractivity contribution in [2.75, 3.05) is 7.11 Å². The van der Waals surface area contributed by atoms with E-state index in [9.17, 15) is 0 Å².